The molecular weight excluding hydrogens is 212 g/mol. The van der Waals surface area contributed by atoms with Crippen molar-refractivity contribution in [2.75, 3.05) is 32.1 Å². The van der Waals surface area contributed by atoms with Crippen LogP contribution in [0, 0.1) is 0 Å². The number of hydrogen-bond donors (Lipinski definition) is 1. The van der Waals surface area contributed by atoms with Crippen LogP contribution in [0.15, 0.2) is 24.3 Å². The highest BCUT2D eigenvalue weighted by molar-refractivity contribution is 5.48. The van der Waals surface area contributed by atoms with E-state index in [0.29, 0.717) is 6.04 Å². The minimum absolute atomic E-state index is 0.111. The third-order valence-electron chi connectivity index (χ3n) is 2.95. The van der Waals surface area contributed by atoms with Gasteiger partial charge in [0.25, 0.3) is 0 Å². The number of aliphatic hydroxyl groups is 1. The molecule has 1 aromatic rings. The lowest BCUT2D eigenvalue weighted by Crippen LogP contribution is -2.40. The number of aliphatic hydroxyl groups excluding tert-OH is 1. The van der Waals surface area contributed by atoms with Gasteiger partial charge in [0, 0.05) is 24.8 Å². The molecular formula is C14H24N2O. The second kappa shape index (κ2) is 6.62. The third kappa shape index (κ3) is 4.02. The van der Waals surface area contributed by atoms with E-state index in [1.54, 1.807) is 0 Å². The van der Waals surface area contributed by atoms with Crippen molar-refractivity contribution in [1.29, 1.82) is 0 Å². The molecule has 3 nitrogen and oxygen atoms in total. The molecule has 0 aliphatic carbocycles. The lowest BCUT2D eigenvalue weighted by atomic mass is 10.1. The summed E-state index contributed by atoms with van der Waals surface area (Å²) in [5.41, 5.74) is 2.18. The Labute approximate surface area is 105 Å². The summed E-state index contributed by atoms with van der Waals surface area (Å²) in [6.45, 7) is 6.55. The van der Waals surface area contributed by atoms with Crippen LogP contribution in [-0.4, -0.2) is 43.2 Å². The highest BCUT2D eigenvalue weighted by Crippen LogP contribution is 2.18. The molecule has 0 saturated heterocycles. The van der Waals surface area contributed by atoms with E-state index in [1.165, 1.54) is 5.69 Å². The number of rotatable bonds is 6. The Morgan fingerprint density at radius 2 is 1.76 bits per heavy atom. The Morgan fingerprint density at radius 1 is 1.18 bits per heavy atom. The van der Waals surface area contributed by atoms with Crippen LogP contribution in [0.1, 0.15) is 19.4 Å². The van der Waals surface area contributed by atoms with Crippen molar-refractivity contribution in [2.24, 2.45) is 0 Å². The van der Waals surface area contributed by atoms with Crippen LogP contribution in [0.25, 0.3) is 0 Å². The van der Waals surface area contributed by atoms with Gasteiger partial charge in [-0.1, -0.05) is 12.1 Å². The smallest absolute Gasteiger partial charge is 0.0681 e. The van der Waals surface area contributed by atoms with Crippen molar-refractivity contribution in [2.45, 2.75) is 26.5 Å². The minimum Gasteiger partial charge on any atom is -0.392 e. The summed E-state index contributed by atoms with van der Waals surface area (Å²) >= 11 is 0. The first kappa shape index (κ1) is 14.0. The standard InChI is InChI=1S/C14H24N2O/c1-5-16(12(2)10-15(3)4)14-8-6-13(11-17)7-9-14/h6-9,12,17H,5,10-11H2,1-4H3. The normalized spacial score (nSPS) is 12.8. The van der Waals surface area contributed by atoms with Gasteiger partial charge < -0.3 is 14.9 Å². The number of nitrogens with zero attached hydrogens (tertiary/aromatic N) is 2. The van der Waals surface area contributed by atoms with E-state index in [4.69, 9.17) is 5.11 Å². The Balaban J connectivity index is 2.77. The Kier molecular flexibility index (Phi) is 5.45. The van der Waals surface area contributed by atoms with Gasteiger partial charge in [-0.2, -0.15) is 0 Å². The van der Waals surface area contributed by atoms with E-state index >= 15 is 0 Å². The maximum atomic E-state index is 9.03. The second-order valence-electron chi connectivity index (χ2n) is 4.72. The van der Waals surface area contributed by atoms with E-state index < -0.39 is 0 Å². The van der Waals surface area contributed by atoms with E-state index in [0.717, 1.165) is 18.7 Å². The summed E-state index contributed by atoms with van der Waals surface area (Å²) in [7, 11) is 4.19. The molecule has 0 saturated carbocycles. The summed E-state index contributed by atoms with van der Waals surface area (Å²) in [6.07, 6.45) is 0. The fraction of sp³-hybridized carbons (Fsp3) is 0.571. The highest BCUT2D eigenvalue weighted by Gasteiger charge is 2.13. The lowest BCUT2D eigenvalue weighted by molar-refractivity contribution is 0.282. The van der Waals surface area contributed by atoms with Gasteiger partial charge in [-0.15, -0.1) is 0 Å². The van der Waals surface area contributed by atoms with Gasteiger partial charge in [-0.25, -0.2) is 0 Å². The number of likely N-dealkylation sites (N-methyl/N-ethyl adjacent to an activating group) is 2. The van der Waals surface area contributed by atoms with Crippen LogP contribution in [0.2, 0.25) is 0 Å². The molecule has 0 bridgehead atoms. The van der Waals surface area contributed by atoms with Gasteiger partial charge in [-0.05, 0) is 45.6 Å². The summed E-state index contributed by atoms with van der Waals surface area (Å²) in [5, 5.41) is 9.03. The molecule has 0 fully saturated rings. The lowest BCUT2D eigenvalue weighted by Gasteiger charge is -2.32. The first-order valence-corrected chi connectivity index (χ1v) is 6.19. The van der Waals surface area contributed by atoms with Gasteiger partial charge in [-0.3, -0.25) is 0 Å². The maximum Gasteiger partial charge on any atom is 0.0681 e. The predicted molar refractivity (Wildman–Crippen MR) is 73.4 cm³/mol. The Bertz CT molecular complexity index is 321. The zero-order valence-electron chi connectivity index (χ0n) is 11.3. The SMILES string of the molecule is CCN(c1ccc(CO)cc1)C(C)CN(C)C. The number of hydrogen-bond acceptors (Lipinski definition) is 3. The van der Waals surface area contributed by atoms with E-state index in [1.807, 2.05) is 12.1 Å². The van der Waals surface area contributed by atoms with Gasteiger partial charge in [0.2, 0.25) is 0 Å². The predicted octanol–water partition coefficient (Wildman–Crippen LogP) is 1.96. The van der Waals surface area contributed by atoms with Crippen LogP contribution in [-0.2, 0) is 6.61 Å². The van der Waals surface area contributed by atoms with Crippen molar-refractivity contribution in [3.63, 3.8) is 0 Å². The van der Waals surface area contributed by atoms with Crippen LogP contribution >= 0.6 is 0 Å². The van der Waals surface area contributed by atoms with Gasteiger partial charge in [0.05, 0.1) is 6.61 Å². The summed E-state index contributed by atoms with van der Waals surface area (Å²) in [5.74, 6) is 0. The van der Waals surface area contributed by atoms with Crippen LogP contribution in [0.5, 0.6) is 0 Å². The molecule has 0 aromatic heterocycles. The molecule has 96 valence electrons. The van der Waals surface area contributed by atoms with Gasteiger partial charge in [0.1, 0.15) is 0 Å². The van der Waals surface area contributed by atoms with Crippen LogP contribution < -0.4 is 4.90 Å². The second-order valence-corrected chi connectivity index (χ2v) is 4.72. The van der Waals surface area contributed by atoms with Crippen molar-refractivity contribution >= 4 is 5.69 Å². The molecule has 0 heterocycles. The maximum absolute atomic E-state index is 9.03. The summed E-state index contributed by atoms with van der Waals surface area (Å²) < 4.78 is 0. The van der Waals surface area contributed by atoms with E-state index in [2.05, 4.69) is 49.9 Å². The van der Waals surface area contributed by atoms with Crippen molar-refractivity contribution in [3.8, 4) is 0 Å². The summed E-state index contributed by atoms with van der Waals surface area (Å²) in [6, 6.07) is 8.62. The van der Waals surface area contributed by atoms with Crippen LogP contribution in [0.3, 0.4) is 0 Å². The van der Waals surface area contributed by atoms with Crippen molar-refractivity contribution < 1.29 is 5.11 Å². The third-order valence-corrected chi connectivity index (χ3v) is 2.95. The monoisotopic (exact) mass is 236 g/mol. The average molecular weight is 236 g/mol. The minimum atomic E-state index is 0.111. The van der Waals surface area contributed by atoms with Crippen molar-refractivity contribution in [1.82, 2.24) is 4.90 Å². The van der Waals surface area contributed by atoms with Crippen molar-refractivity contribution in [3.05, 3.63) is 29.8 Å². The molecule has 0 aliphatic heterocycles. The first-order valence-electron chi connectivity index (χ1n) is 6.19. The van der Waals surface area contributed by atoms with Crippen LogP contribution in [0.4, 0.5) is 5.69 Å². The zero-order chi connectivity index (χ0) is 12.8. The molecule has 0 amide bonds. The van der Waals surface area contributed by atoms with E-state index in [9.17, 15) is 0 Å². The largest absolute Gasteiger partial charge is 0.392 e. The number of anilines is 1. The first-order chi connectivity index (χ1) is 8.08. The quantitative estimate of drug-likeness (QED) is 0.818. The zero-order valence-corrected chi connectivity index (χ0v) is 11.3. The molecule has 0 spiro atoms. The Morgan fingerprint density at radius 3 is 2.18 bits per heavy atom. The Hall–Kier alpha value is -1.06. The fourth-order valence-corrected chi connectivity index (χ4v) is 2.17. The molecule has 1 atom stereocenters. The molecule has 0 radical (unpaired) electrons. The molecule has 1 N–H and O–H groups in total. The van der Waals surface area contributed by atoms with Gasteiger partial charge in [0.15, 0.2) is 0 Å². The average Bonchev–Trinajstić information content (AvgIpc) is 2.30. The molecule has 1 unspecified atom stereocenters. The molecule has 17 heavy (non-hydrogen) atoms. The molecule has 0 aliphatic rings. The van der Waals surface area contributed by atoms with Gasteiger partial charge >= 0.3 is 0 Å². The summed E-state index contributed by atoms with van der Waals surface area (Å²) in [4.78, 5) is 4.58. The molecule has 1 aromatic carbocycles. The van der Waals surface area contributed by atoms with E-state index in [-0.39, 0.29) is 6.61 Å². The number of benzene rings is 1. The topological polar surface area (TPSA) is 26.7 Å². The fourth-order valence-electron chi connectivity index (χ4n) is 2.17. The molecule has 1 rings (SSSR count). The highest BCUT2D eigenvalue weighted by atomic mass is 16.3. The molecule has 3 heteroatoms.